The Labute approximate surface area is 168 Å². The smallest absolute Gasteiger partial charge is 0.387 e. The summed E-state index contributed by atoms with van der Waals surface area (Å²) in [5.41, 5.74) is 1.60. The van der Waals surface area contributed by atoms with Crippen molar-refractivity contribution in [2.75, 3.05) is 25.5 Å². The van der Waals surface area contributed by atoms with E-state index in [-0.39, 0.29) is 24.2 Å². The van der Waals surface area contributed by atoms with Gasteiger partial charge >= 0.3 is 12.6 Å². The number of esters is 1. The summed E-state index contributed by atoms with van der Waals surface area (Å²) in [6.07, 6.45) is 0. The van der Waals surface area contributed by atoms with Crippen molar-refractivity contribution in [2.45, 2.75) is 20.5 Å². The first-order valence-electron chi connectivity index (χ1n) is 9.13. The van der Waals surface area contributed by atoms with Gasteiger partial charge in [0.2, 0.25) is 0 Å². The molecule has 0 aliphatic heterocycles. The molecular weight excluding hydrogens is 382 g/mol. The summed E-state index contributed by atoms with van der Waals surface area (Å²) in [6.45, 7) is 1.30. The molecule has 0 saturated carbocycles. The summed E-state index contributed by atoms with van der Waals surface area (Å²) in [5, 5.41) is 3.12. The third-order valence-corrected chi connectivity index (χ3v) is 4.28. The minimum Gasteiger partial charge on any atom is -0.469 e. The van der Waals surface area contributed by atoms with Crippen LogP contribution in [-0.4, -0.2) is 43.6 Å². The van der Waals surface area contributed by atoms with Crippen LogP contribution in [0.2, 0.25) is 0 Å². The van der Waals surface area contributed by atoms with Gasteiger partial charge < -0.3 is 19.7 Å². The number of carbonyl (C=O) groups is 2. The van der Waals surface area contributed by atoms with Gasteiger partial charge in [0.25, 0.3) is 5.91 Å². The number of carbonyl (C=O) groups excluding carboxylic acids is 2. The molecule has 0 aliphatic carbocycles. The molecule has 8 heteroatoms. The number of hydrogen-bond acceptors (Lipinski definition) is 5. The lowest BCUT2D eigenvalue weighted by atomic mass is 10.1. The number of hydrogen-bond donors (Lipinski definition) is 1. The van der Waals surface area contributed by atoms with Gasteiger partial charge in [0.1, 0.15) is 5.75 Å². The maximum absolute atomic E-state index is 13.0. The second-order valence-electron chi connectivity index (χ2n) is 6.34. The van der Waals surface area contributed by atoms with E-state index in [1.54, 1.807) is 48.2 Å². The third-order valence-electron chi connectivity index (χ3n) is 4.28. The second-order valence-corrected chi connectivity index (χ2v) is 6.34. The molecule has 0 fully saturated rings. The highest BCUT2D eigenvalue weighted by atomic mass is 19.3. The lowest BCUT2D eigenvalue weighted by Crippen LogP contribution is -2.37. The lowest BCUT2D eigenvalue weighted by molar-refractivity contribution is -0.145. The maximum Gasteiger partial charge on any atom is 0.387 e. The number of nitrogens with zero attached hydrogens (tertiary/aromatic N) is 1. The molecule has 29 heavy (non-hydrogen) atoms. The molecule has 2 aromatic rings. The van der Waals surface area contributed by atoms with Gasteiger partial charge in [0, 0.05) is 18.8 Å². The first kappa shape index (κ1) is 22.1. The van der Waals surface area contributed by atoms with Crippen molar-refractivity contribution in [1.29, 1.82) is 0 Å². The molecule has 0 saturated heterocycles. The zero-order chi connectivity index (χ0) is 21.4. The Morgan fingerprint density at radius 3 is 2.34 bits per heavy atom. The van der Waals surface area contributed by atoms with Crippen LogP contribution >= 0.6 is 0 Å². The molecule has 0 aromatic heterocycles. The highest BCUT2D eigenvalue weighted by Crippen LogP contribution is 2.25. The average molecular weight is 406 g/mol. The maximum atomic E-state index is 13.0. The van der Waals surface area contributed by atoms with E-state index in [2.05, 4.69) is 10.1 Å². The number of halogens is 2. The van der Waals surface area contributed by atoms with E-state index in [0.717, 1.165) is 0 Å². The quantitative estimate of drug-likeness (QED) is 0.629. The average Bonchev–Trinajstić information content (AvgIpc) is 2.72. The number of alkyl halides is 2. The fraction of sp³-hybridized carbons (Fsp3) is 0.333. The molecule has 1 N–H and O–H groups in total. The summed E-state index contributed by atoms with van der Waals surface area (Å²) in [4.78, 5) is 26.3. The van der Waals surface area contributed by atoms with Gasteiger partial charge in [-0.1, -0.05) is 19.1 Å². The monoisotopic (exact) mass is 406 g/mol. The fourth-order valence-electron chi connectivity index (χ4n) is 2.79. The number of ether oxygens (including phenoxy) is 2. The number of methoxy groups -OCH3 is 1. The van der Waals surface area contributed by atoms with Gasteiger partial charge in [-0.05, 0) is 43.3 Å². The number of nitrogens with one attached hydrogen (secondary N) is 1. The molecule has 1 unspecified atom stereocenters. The minimum atomic E-state index is -2.89. The lowest BCUT2D eigenvalue weighted by Gasteiger charge is -2.25. The van der Waals surface area contributed by atoms with Crippen LogP contribution in [-0.2, 0) is 9.53 Å². The topological polar surface area (TPSA) is 67.9 Å². The van der Waals surface area contributed by atoms with Gasteiger partial charge in [-0.25, -0.2) is 0 Å². The normalized spacial score (nSPS) is 11.7. The zero-order valence-corrected chi connectivity index (χ0v) is 16.5. The Morgan fingerprint density at radius 1 is 1.10 bits per heavy atom. The van der Waals surface area contributed by atoms with Crippen LogP contribution in [0.15, 0.2) is 48.5 Å². The SMILES string of the molecule is CCN(CC(C)C(=O)OC)C(=O)c1ccccc1Nc1ccc(OC(F)F)cc1. The van der Waals surface area contributed by atoms with Gasteiger partial charge in [-0.15, -0.1) is 0 Å². The molecule has 2 rings (SSSR count). The number of para-hydroxylation sites is 1. The number of benzene rings is 2. The van der Waals surface area contributed by atoms with Crippen molar-refractivity contribution in [3.05, 3.63) is 54.1 Å². The highest BCUT2D eigenvalue weighted by molar-refractivity contribution is 6.00. The number of amides is 1. The molecule has 0 bridgehead atoms. The molecule has 156 valence electrons. The van der Waals surface area contributed by atoms with Crippen LogP contribution in [0, 0.1) is 5.92 Å². The third kappa shape index (κ3) is 6.17. The Bertz CT molecular complexity index is 828. The summed E-state index contributed by atoms with van der Waals surface area (Å²) in [7, 11) is 1.31. The molecule has 0 aliphatic rings. The summed E-state index contributed by atoms with van der Waals surface area (Å²) >= 11 is 0. The Kier molecular flexibility index (Phi) is 7.94. The molecular formula is C21H24F2N2O4. The molecule has 0 radical (unpaired) electrons. The fourth-order valence-corrected chi connectivity index (χ4v) is 2.79. The van der Waals surface area contributed by atoms with Gasteiger partial charge in [-0.2, -0.15) is 8.78 Å². The molecule has 0 heterocycles. The standard InChI is InChI=1S/C21H24F2N2O4/c1-4-25(13-14(2)20(27)28-3)19(26)17-7-5-6-8-18(17)24-15-9-11-16(12-10-15)29-21(22)23/h5-12,14,21,24H,4,13H2,1-3H3. The predicted molar refractivity (Wildman–Crippen MR) is 106 cm³/mol. The van der Waals surface area contributed by atoms with Crippen LogP contribution in [0.4, 0.5) is 20.2 Å². The van der Waals surface area contributed by atoms with E-state index < -0.39 is 12.5 Å². The first-order chi connectivity index (χ1) is 13.8. The Morgan fingerprint density at radius 2 is 1.76 bits per heavy atom. The minimum absolute atomic E-state index is 0.0452. The summed E-state index contributed by atoms with van der Waals surface area (Å²) in [6, 6.07) is 12.9. The largest absolute Gasteiger partial charge is 0.469 e. The summed E-state index contributed by atoms with van der Waals surface area (Å²) < 4.78 is 33.6. The predicted octanol–water partition coefficient (Wildman–Crippen LogP) is 4.30. The van der Waals surface area contributed by atoms with Gasteiger partial charge in [0.05, 0.1) is 24.3 Å². The van der Waals surface area contributed by atoms with Crippen LogP contribution < -0.4 is 10.1 Å². The number of rotatable bonds is 9. The van der Waals surface area contributed by atoms with Gasteiger partial charge in [0.15, 0.2) is 0 Å². The van der Waals surface area contributed by atoms with Gasteiger partial charge in [-0.3, -0.25) is 9.59 Å². The van der Waals surface area contributed by atoms with E-state index in [4.69, 9.17) is 4.74 Å². The van der Waals surface area contributed by atoms with Crippen LogP contribution in [0.1, 0.15) is 24.2 Å². The van der Waals surface area contributed by atoms with E-state index in [1.165, 1.54) is 19.2 Å². The Balaban J connectivity index is 2.18. The van der Waals surface area contributed by atoms with E-state index >= 15 is 0 Å². The van der Waals surface area contributed by atoms with Crippen molar-refractivity contribution >= 4 is 23.3 Å². The number of anilines is 2. The van der Waals surface area contributed by atoms with Crippen molar-refractivity contribution in [1.82, 2.24) is 4.90 Å². The molecule has 0 spiro atoms. The van der Waals surface area contributed by atoms with E-state index in [0.29, 0.717) is 23.5 Å². The highest BCUT2D eigenvalue weighted by Gasteiger charge is 2.23. The van der Waals surface area contributed by atoms with E-state index in [9.17, 15) is 18.4 Å². The zero-order valence-electron chi connectivity index (χ0n) is 16.5. The van der Waals surface area contributed by atoms with E-state index in [1.807, 2.05) is 6.92 Å². The van der Waals surface area contributed by atoms with Crippen molar-refractivity contribution in [2.24, 2.45) is 5.92 Å². The van der Waals surface area contributed by atoms with Crippen molar-refractivity contribution in [3.8, 4) is 5.75 Å². The van der Waals surface area contributed by atoms with Crippen LogP contribution in [0.3, 0.4) is 0 Å². The van der Waals surface area contributed by atoms with Crippen molar-refractivity contribution in [3.63, 3.8) is 0 Å². The molecule has 2 aromatic carbocycles. The second kappa shape index (κ2) is 10.4. The van der Waals surface area contributed by atoms with Crippen molar-refractivity contribution < 1.29 is 27.8 Å². The molecule has 1 atom stereocenters. The molecule has 1 amide bonds. The first-order valence-corrected chi connectivity index (χ1v) is 9.13. The van der Waals surface area contributed by atoms with Crippen LogP contribution in [0.25, 0.3) is 0 Å². The summed E-state index contributed by atoms with van der Waals surface area (Å²) in [5.74, 6) is -1.02. The molecule has 6 nitrogen and oxygen atoms in total. The van der Waals surface area contributed by atoms with Crippen LogP contribution in [0.5, 0.6) is 5.75 Å². The Hall–Kier alpha value is -3.16.